The molecule has 3 aromatic heterocycles. The number of aliphatic carboxylic acids is 2. The number of nitrogens with one attached hydrogen (secondary N) is 1. The predicted octanol–water partition coefficient (Wildman–Crippen LogP) is 3.96. The van der Waals surface area contributed by atoms with Gasteiger partial charge in [0, 0.05) is 112 Å². The van der Waals surface area contributed by atoms with E-state index in [4.69, 9.17) is 24.5 Å². The third kappa shape index (κ3) is 11.2. The maximum absolute atomic E-state index is 14.3. The Balaban J connectivity index is 0.989. The van der Waals surface area contributed by atoms with E-state index in [1.54, 1.807) is 53.4 Å². The van der Waals surface area contributed by atoms with Gasteiger partial charge in [0.15, 0.2) is 5.43 Å². The van der Waals surface area contributed by atoms with Crippen LogP contribution in [0, 0.1) is 5.92 Å². The molecule has 0 spiro atoms. The molecule has 0 radical (unpaired) electrons. The van der Waals surface area contributed by atoms with Gasteiger partial charge in [0.2, 0.25) is 29.7 Å². The van der Waals surface area contributed by atoms with Gasteiger partial charge in [0.1, 0.15) is 29.2 Å². The number of amides is 2. The Labute approximate surface area is 427 Å². The molecule has 9 rings (SSSR count). The van der Waals surface area contributed by atoms with E-state index in [-0.39, 0.29) is 89.3 Å². The fourth-order valence-corrected chi connectivity index (χ4v) is 9.30. The number of benzene rings is 3. The monoisotopic (exact) mass is 1030 g/mol. The first-order valence-electron chi connectivity index (χ1n) is 24.5. The number of hydrogen-bond donors (Lipinski definition) is 5. The zero-order valence-electron chi connectivity index (χ0n) is 41.2. The van der Waals surface area contributed by atoms with Crippen molar-refractivity contribution in [1.82, 2.24) is 54.7 Å². The largest absolute Gasteiger partial charge is 0.508 e. The number of carbonyl (C=O) groups excluding carboxylic acids is 2. The van der Waals surface area contributed by atoms with Crippen LogP contribution in [0.2, 0.25) is 0 Å². The number of aromatic nitrogens is 9. The second-order valence-corrected chi connectivity index (χ2v) is 18.6. The summed E-state index contributed by atoms with van der Waals surface area (Å²) in [6.45, 7) is 8.17. The fourth-order valence-electron chi connectivity index (χ4n) is 9.30. The molecule has 0 saturated carbocycles. The Morgan fingerprint density at radius 3 is 1.88 bits per heavy atom. The lowest BCUT2D eigenvalue weighted by Crippen LogP contribution is -2.52. The minimum absolute atomic E-state index is 0.0808. The fraction of sp³-hybridized carbons (Fsp3) is 0.380. The number of aromatic carboxylic acids is 1. The SMILES string of the molecule is CC[C@H](C)[C@@H](C(=O)N1CCN(c2nc(Nc3ccc(-c4c5ccc(=O)cc-5oc5cc(O)ccc45)c(C(=O)O)c3)nc(N3CCN(C(=O)[C@H](C)n4cc(CCC(=O)O)nn4)CC3)n2)CC1)n1cc(CCC(=O)O)nn1. The molecule has 2 amide bonds. The smallest absolute Gasteiger partial charge is 0.336 e. The Kier molecular flexibility index (Phi) is 14.7. The minimum atomic E-state index is -1.25. The third-order valence-corrected chi connectivity index (χ3v) is 13.6. The summed E-state index contributed by atoms with van der Waals surface area (Å²) in [6, 6.07) is 12.1. The van der Waals surface area contributed by atoms with Gasteiger partial charge < -0.3 is 49.8 Å². The number of piperazine rings is 2. The number of rotatable bonds is 18. The van der Waals surface area contributed by atoms with Crippen molar-refractivity contribution in [2.24, 2.45) is 5.92 Å². The van der Waals surface area contributed by atoms with Gasteiger partial charge in [-0.25, -0.2) is 14.2 Å². The van der Waals surface area contributed by atoms with E-state index in [9.17, 15) is 44.1 Å². The van der Waals surface area contributed by atoms with Crippen LogP contribution in [0.15, 0.2) is 76.2 Å². The molecule has 5 N–H and O–H groups in total. The number of hydrogen-bond acceptors (Lipinski definition) is 18. The average Bonchev–Trinajstić information content (AvgIpc) is 4.09. The van der Waals surface area contributed by atoms with Gasteiger partial charge in [-0.05, 0) is 54.8 Å². The molecule has 0 bridgehead atoms. The second kappa shape index (κ2) is 21.6. The number of phenolic OH excluding ortho intramolecular Hbond substituents is 1. The second-order valence-electron chi connectivity index (χ2n) is 18.6. The Morgan fingerprint density at radius 1 is 0.693 bits per heavy atom. The van der Waals surface area contributed by atoms with Crippen LogP contribution in [0.25, 0.3) is 33.4 Å². The van der Waals surface area contributed by atoms with E-state index in [0.29, 0.717) is 97.9 Å². The number of nitrogens with zero attached hydrogens (tertiary/aromatic N) is 13. The van der Waals surface area contributed by atoms with Gasteiger partial charge in [-0.1, -0.05) is 36.8 Å². The van der Waals surface area contributed by atoms with Crippen LogP contribution >= 0.6 is 0 Å². The van der Waals surface area contributed by atoms with Gasteiger partial charge in [-0.2, -0.15) is 15.0 Å². The molecular formula is C50H54N14O11. The maximum atomic E-state index is 14.3. The van der Waals surface area contributed by atoms with Gasteiger partial charge in [0.25, 0.3) is 0 Å². The molecule has 25 heteroatoms. The van der Waals surface area contributed by atoms with Crippen LogP contribution < -0.4 is 20.5 Å². The molecule has 1 aliphatic carbocycles. The molecule has 25 nitrogen and oxygen atoms in total. The van der Waals surface area contributed by atoms with Crippen LogP contribution in [0.3, 0.4) is 0 Å². The zero-order valence-corrected chi connectivity index (χ0v) is 41.2. The maximum Gasteiger partial charge on any atom is 0.336 e. The van der Waals surface area contributed by atoms with E-state index in [0.717, 1.165) is 0 Å². The quantitative estimate of drug-likeness (QED) is 0.0760. The molecule has 75 heavy (non-hydrogen) atoms. The highest BCUT2D eigenvalue weighted by Gasteiger charge is 2.35. The molecule has 6 heterocycles. The summed E-state index contributed by atoms with van der Waals surface area (Å²) < 4.78 is 8.95. The Bertz CT molecular complexity index is 3320. The number of carboxylic acids is 3. The normalized spacial score (nSPS) is 15.2. The summed E-state index contributed by atoms with van der Waals surface area (Å²) in [5.74, 6) is -2.87. The van der Waals surface area contributed by atoms with Crippen LogP contribution in [-0.2, 0) is 32.0 Å². The van der Waals surface area contributed by atoms with E-state index < -0.39 is 30.0 Å². The number of carboxylic acid groups (broad SMARTS) is 3. The molecule has 4 aliphatic rings. The molecule has 5 aromatic rings. The minimum Gasteiger partial charge on any atom is -0.508 e. The van der Waals surface area contributed by atoms with Crippen molar-refractivity contribution in [3.63, 3.8) is 0 Å². The summed E-state index contributed by atoms with van der Waals surface area (Å²) in [6.07, 6.45) is 4.01. The molecule has 0 unspecified atom stereocenters. The molecule has 2 fully saturated rings. The summed E-state index contributed by atoms with van der Waals surface area (Å²) in [5.41, 5.74) is 2.36. The Hall–Kier alpha value is -9.03. The molecule has 3 atom stereocenters. The highest BCUT2D eigenvalue weighted by Crippen LogP contribution is 2.43. The lowest BCUT2D eigenvalue weighted by molar-refractivity contribution is -0.138. The third-order valence-electron chi connectivity index (χ3n) is 13.6. The summed E-state index contributed by atoms with van der Waals surface area (Å²) >= 11 is 0. The summed E-state index contributed by atoms with van der Waals surface area (Å²) in [7, 11) is 0. The van der Waals surface area contributed by atoms with Gasteiger partial charge in [0.05, 0.1) is 29.8 Å². The van der Waals surface area contributed by atoms with Crippen molar-refractivity contribution in [2.75, 3.05) is 67.5 Å². The predicted molar refractivity (Wildman–Crippen MR) is 269 cm³/mol. The first kappa shape index (κ1) is 50.9. The number of carbonyl (C=O) groups is 5. The van der Waals surface area contributed by atoms with Crippen molar-refractivity contribution in [3.8, 4) is 28.2 Å². The molecule has 2 saturated heterocycles. The number of fused-ring (bicyclic) bond motifs is 2. The van der Waals surface area contributed by atoms with Crippen molar-refractivity contribution in [3.05, 3.63) is 94.2 Å². The number of aromatic hydroxyl groups is 1. The zero-order chi connectivity index (χ0) is 53.1. The van der Waals surface area contributed by atoms with Gasteiger partial charge in [-0.15, -0.1) is 10.2 Å². The number of phenols is 1. The molecule has 3 aliphatic heterocycles. The standard InChI is InChI=1S/C50H54N14O11/c1-4-28(2)44(64-27-32(56-58-64)7-14-42(69)70)46(72)60-17-21-62(22-18-60)50-53-48(52-49(54-50)61-19-15-59(16-20-61)45(71)29(3)63-26-31(55-57-63)6-13-41(67)68)51-30-5-10-35(38(23-30)47(73)74)43-36-11-8-33(65)24-39(36)75-40-25-34(66)9-12-37(40)43/h5,8-12,23-29,44,65H,4,6-7,13-22H2,1-3H3,(H,67,68)(H,69,70)(H,73,74)(H,51,52,53,54)/t28-,29-,44-/m0/s1. The molecular weight excluding hydrogens is 973 g/mol. The van der Waals surface area contributed by atoms with Crippen LogP contribution in [0.4, 0.5) is 23.5 Å². The summed E-state index contributed by atoms with van der Waals surface area (Å²) in [4.78, 5) is 97.7. The van der Waals surface area contributed by atoms with Crippen molar-refractivity contribution in [1.29, 1.82) is 0 Å². The van der Waals surface area contributed by atoms with Crippen molar-refractivity contribution >= 4 is 64.2 Å². The van der Waals surface area contributed by atoms with Crippen molar-refractivity contribution < 1.29 is 48.8 Å². The number of anilines is 4. The van der Waals surface area contributed by atoms with E-state index in [1.807, 2.05) is 23.6 Å². The van der Waals surface area contributed by atoms with E-state index in [2.05, 4.69) is 25.9 Å². The van der Waals surface area contributed by atoms with Gasteiger partial charge in [-0.3, -0.25) is 24.0 Å². The topological polar surface area (TPSA) is 322 Å². The average molecular weight is 1030 g/mol. The lowest BCUT2D eigenvalue weighted by atomic mass is 9.90. The highest BCUT2D eigenvalue weighted by molar-refractivity contribution is 6.08. The van der Waals surface area contributed by atoms with Gasteiger partial charge >= 0.3 is 17.9 Å². The van der Waals surface area contributed by atoms with Crippen LogP contribution in [0.1, 0.15) is 73.9 Å². The van der Waals surface area contributed by atoms with Crippen LogP contribution in [0.5, 0.6) is 5.75 Å². The molecule has 390 valence electrons. The molecule has 2 aromatic carbocycles. The van der Waals surface area contributed by atoms with Crippen molar-refractivity contribution in [2.45, 2.75) is 65.0 Å². The Morgan fingerprint density at radius 2 is 1.28 bits per heavy atom. The van der Waals surface area contributed by atoms with E-state index in [1.165, 1.54) is 39.7 Å². The van der Waals surface area contributed by atoms with E-state index >= 15 is 0 Å². The summed E-state index contributed by atoms with van der Waals surface area (Å²) in [5, 5.41) is 59.5. The lowest BCUT2D eigenvalue weighted by Gasteiger charge is -2.38. The first-order chi connectivity index (χ1) is 36.0. The van der Waals surface area contributed by atoms with Crippen LogP contribution in [-0.4, -0.2) is 157 Å². The first-order valence-corrected chi connectivity index (χ1v) is 24.5. The highest BCUT2D eigenvalue weighted by atomic mass is 16.4. The number of aryl methyl sites for hydroxylation is 2.